The number of aldehydes is 1. The minimum Gasteiger partial charge on any atom is -0.365 e. The summed E-state index contributed by atoms with van der Waals surface area (Å²) in [6.45, 7) is 1.77. The van der Waals surface area contributed by atoms with E-state index in [1.807, 2.05) is 26.2 Å². The van der Waals surface area contributed by atoms with Crippen molar-refractivity contribution in [1.82, 2.24) is 9.80 Å². The molecule has 1 fully saturated rings. The van der Waals surface area contributed by atoms with Crippen molar-refractivity contribution in [2.75, 3.05) is 27.2 Å². The van der Waals surface area contributed by atoms with Gasteiger partial charge in [0.2, 0.25) is 5.91 Å². The predicted molar refractivity (Wildman–Crippen MR) is 82.5 cm³/mol. The lowest BCUT2D eigenvalue weighted by Crippen LogP contribution is -2.30. The fraction of sp³-hybridized carbons (Fsp3) is 0.471. The van der Waals surface area contributed by atoms with Crippen molar-refractivity contribution >= 4 is 12.2 Å². The van der Waals surface area contributed by atoms with Gasteiger partial charge >= 0.3 is 0 Å². The van der Waals surface area contributed by atoms with Crippen LogP contribution in [0, 0.1) is 5.92 Å². The summed E-state index contributed by atoms with van der Waals surface area (Å²) in [4.78, 5) is 26.8. The van der Waals surface area contributed by atoms with Crippen molar-refractivity contribution < 1.29 is 9.59 Å². The highest BCUT2D eigenvalue weighted by Crippen LogP contribution is 2.22. The van der Waals surface area contributed by atoms with Gasteiger partial charge < -0.3 is 9.80 Å². The molecular weight excluding hydrogens is 264 g/mol. The van der Waals surface area contributed by atoms with E-state index in [0.717, 1.165) is 44.3 Å². The summed E-state index contributed by atoms with van der Waals surface area (Å²) in [5.74, 6) is 0.343. The molecule has 2 rings (SSSR count). The highest BCUT2D eigenvalue weighted by atomic mass is 16.2. The Hall–Kier alpha value is -2.06. The Morgan fingerprint density at radius 2 is 2.14 bits per heavy atom. The Bertz CT molecular complexity index is 537. The van der Waals surface area contributed by atoms with E-state index in [2.05, 4.69) is 10.6 Å². The third kappa shape index (κ3) is 3.96. The average molecular weight is 286 g/mol. The molecule has 0 radical (unpaired) electrons. The molecule has 21 heavy (non-hydrogen) atoms. The first-order valence-electron chi connectivity index (χ1n) is 7.38. The molecule has 0 N–H and O–H groups in total. The summed E-state index contributed by atoms with van der Waals surface area (Å²) in [6, 6.07) is 0. The molecule has 0 aromatic heterocycles. The molecule has 1 unspecified atom stereocenters. The van der Waals surface area contributed by atoms with E-state index in [0.29, 0.717) is 5.57 Å². The molecule has 1 atom stereocenters. The zero-order valence-corrected chi connectivity index (χ0v) is 12.7. The fourth-order valence-corrected chi connectivity index (χ4v) is 2.73. The van der Waals surface area contributed by atoms with Gasteiger partial charge in [0.05, 0.1) is 5.70 Å². The zero-order chi connectivity index (χ0) is 15.2. The van der Waals surface area contributed by atoms with Gasteiger partial charge in [0, 0.05) is 38.7 Å². The van der Waals surface area contributed by atoms with Crippen LogP contribution in [0.25, 0.3) is 0 Å². The lowest BCUT2D eigenvalue weighted by Gasteiger charge is -2.22. The molecule has 0 bridgehead atoms. The van der Waals surface area contributed by atoms with Gasteiger partial charge in [-0.25, -0.2) is 0 Å². The summed E-state index contributed by atoms with van der Waals surface area (Å²) in [5.41, 5.74) is 4.84. The molecule has 1 aliphatic heterocycles. The SMILES string of the molecule is CN(C)C(=O)C1CCCN(C2=C=CC=C(C=O)C=C2)CC1. The molecule has 4 nitrogen and oxygen atoms in total. The van der Waals surface area contributed by atoms with E-state index < -0.39 is 0 Å². The Morgan fingerprint density at radius 3 is 2.86 bits per heavy atom. The fourth-order valence-electron chi connectivity index (χ4n) is 2.73. The topological polar surface area (TPSA) is 40.6 Å². The molecule has 1 amide bonds. The number of carbonyl (C=O) groups excluding carboxylic acids is 2. The van der Waals surface area contributed by atoms with Crippen molar-refractivity contribution in [3.8, 4) is 0 Å². The average Bonchev–Trinajstić information content (AvgIpc) is 2.86. The van der Waals surface area contributed by atoms with Crippen molar-refractivity contribution in [3.63, 3.8) is 0 Å². The van der Waals surface area contributed by atoms with Crippen LogP contribution in [0.5, 0.6) is 0 Å². The van der Waals surface area contributed by atoms with Crippen LogP contribution in [0.3, 0.4) is 0 Å². The molecule has 0 aromatic carbocycles. The first-order chi connectivity index (χ1) is 10.1. The molecule has 0 spiro atoms. The molecule has 1 aliphatic carbocycles. The van der Waals surface area contributed by atoms with Gasteiger partial charge in [0.25, 0.3) is 0 Å². The van der Waals surface area contributed by atoms with Crippen molar-refractivity contribution in [3.05, 3.63) is 41.3 Å². The second-order valence-electron chi connectivity index (χ2n) is 5.66. The lowest BCUT2D eigenvalue weighted by atomic mass is 9.99. The smallest absolute Gasteiger partial charge is 0.225 e. The van der Waals surface area contributed by atoms with Crippen molar-refractivity contribution in [1.29, 1.82) is 0 Å². The van der Waals surface area contributed by atoms with Gasteiger partial charge in [0.15, 0.2) is 0 Å². The van der Waals surface area contributed by atoms with E-state index in [-0.39, 0.29) is 11.8 Å². The standard InChI is InChI=1S/C17H22N2O2/c1-18(2)17(21)15-6-4-11-19(12-10-15)16-7-3-5-14(13-20)8-9-16/h3,5,8-9,13,15H,4,6,10-12H2,1-2H3. The number of likely N-dealkylation sites (tertiary alicyclic amines) is 1. The van der Waals surface area contributed by atoms with Crippen LogP contribution in [-0.2, 0) is 9.59 Å². The van der Waals surface area contributed by atoms with Crippen LogP contribution < -0.4 is 0 Å². The van der Waals surface area contributed by atoms with Crippen LogP contribution in [0.1, 0.15) is 19.3 Å². The normalized spacial score (nSPS) is 22.0. The van der Waals surface area contributed by atoms with Crippen LogP contribution in [0.15, 0.2) is 41.3 Å². The Labute approximate surface area is 126 Å². The molecule has 4 heteroatoms. The molecule has 0 aromatic rings. The predicted octanol–water partition coefficient (Wildman–Crippen LogP) is 1.91. The maximum atomic E-state index is 12.1. The van der Waals surface area contributed by atoms with Crippen LogP contribution in [0.2, 0.25) is 0 Å². The van der Waals surface area contributed by atoms with Gasteiger partial charge in [-0.1, -0.05) is 5.73 Å². The lowest BCUT2D eigenvalue weighted by molar-refractivity contribution is -0.133. The van der Waals surface area contributed by atoms with E-state index in [9.17, 15) is 9.59 Å². The maximum absolute atomic E-state index is 12.1. The number of carbonyl (C=O) groups is 2. The minimum absolute atomic E-state index is 0.119. The summed E-state index contributed by atoms with van der Waals surface area (Å²) in [6.07, 6.45) is 10.9. The van der Waals surface area contributed by atoms with Gasteiger partial charge in [-0.3, -0.25) is 9.59 Å². The van der Waals surface area contributed by atoms with Crippen LogP contribution in [-0.4, -0.2) is 49.2 Å². The Balaban J connectivity index is 2.03. The monoisotopic (exact) mass is 286 g/mol. The van der Waals surface area contributed by atoms with E-state index in [1.54, 1.807) is 17.1 Å². The Kier molecular flexibility index (Phi) is 5.18. The quantitative estimate of drug-likeness (QED) is 0.588. The number of hydrogen-bond acceptors (Lipinski definition) is 3. The third-order valence-electron chi connectivity index (χ3n) is 3.94. The van der Waals surface area contributed by atoms with Gasteiger partial charge in [-0.05, 0) is 43.6 Å². The molecule has 1 heterocycles. The van der Waals surface area contributed by atoms with E-state index >= 15 is 0 Å². The van der Waals surface area contributed by atoms with Crippen LogP contribution in [0.4, 0.5) is 0 Å². The van der Waals surface area contributed by atoms with Gasteiger partial charge in [0.1, 0.15) is 6.29 Å². The molecule has 2 aliphatic rings. The molecule has 0 saturated carbocycles. The summed E-state index contributed by atoms with van der Waals surface area (Å²) in [5, 5.41) is 0. The first-order valence-corrected chi connectivity index (χ1v) is 7.38. The first kappa shape index (κ1) is 15.3. The van der Waals surface area contributed by atoms with Gasteiger partial charge in [-0.2, -0.15) is 0 Å². The second-order valence-corrected chi connectivity index (χ2v) is 5.66. The molecular formula is C17H22N2O2. The van der Waals surface area contributed by atoms with Crippen molar-refractivity contribution in [2.24, 2.45) is 5.92 Å². The summed E-state index contributed by atoms with van der Waals surface area (Å²) < 4.78 is 0. The van der Waals surface area contributed by atoms with Crippen LogP contribution >= 0.6 is 0 Å². The highest BCUT2D eigenvalue weighted by molar-refractivity contribution is 5.79. The third-order valence-corrected chi connectivity index (χ3v) is 3.94. The zero-order valence-electron chi connectivity index (χ0n) is 12.7. The number of allylic oxidation sites excluding steroid dienone is 4. The van der Waals surface area contributed by atoms with E-state index in [4.69, 9.17) is 0 Å². The Morgan fingerprint density at radius 1 is 1.33 bits per heavy atom. The minimum atomic E-state index is 0.119. The number of hydrogen-bond donors (Lipinski definition) is 0. The number of rotatable bonds is 3. The molecule has 1 saturated heterocycles. The molecule has 112 valence electrons. The highest BCUT2D eigenvalue weighted by Gasteiger charge is 2.24. The second kappa shape index (κ2) is 7.09. The van der Waals surface area contributed by atoms with Gasteiger partial charge in [-0.15, -0.1) is 0 Å². The maximum Gasteiger partial charge on any atom is 0.225 e. The number of nitrogens with zero attached hydrogens (tertiary/aromatic N) is 2. The van der Waals surface area contributed by atoms with Crippen molar-refractivity contribution in [2.45, 2.75) is 19.3 Å². The summed E-state index contributed by atoms with van der Waals surface area (Å²) >= 11 is 0. The largest absolute Gasteiger partial charge is 0.365 e. The van der Waals surface area contributed by atoms with E-state index in [1.165, 1.54) is 0 Å². The number of amides is 1. The summed E-state index contributed by atoms with van der Waals surface area (Å²) in [7, 11) is 3.63.